The van der Waals surface area contributed by atoms with E-state index in [4.69, 9.17) is 5.11 Å². The predicted octanol–water partition coefficient (Wildman–Crippen LogP) is 1.75. The molecular weight excluding hydrogens is 374 g/mol. The first-order valence-electron chi connectivity index (χ1n) is 9.18. The van der Waals surface area contributed by atoms with Crippen molar-refractivity contribution in [3.8, 4) is 0 Å². The van der Waals surface area contributed by atoms with E-state index in [0.717, 1.165) is 49.8 Å². The van der Waals surface area contributed by atoms with E-state index >= 15 is 0 Å². The fourth-order valence-electron chi connectivity index (χ4n) is 3.19. The lowest BCUT2D eigenvalue weighted by atomic mass is 9.77. The molecule has 0 spiro atoms. The maximum atomic E-state index is 10.9. The predicted molar refractivity (Wildman–Crippen MR) is 101 cm³/mol. The largest absolute Gasteiger partial charge is 0.550 e. The Kier molecular flexibility index (Phi) is 15.3. The molecule has 1 rings (SSSR count). The molecule has 1 aliphatic carbocycles. The van der Waals surface area contributed by atoms with Gasteiger partial charge in [0, 0.05) is 11.9 Å². The highest BCUT2D eigenvalue weighted by molar-refractivity contribution is 8.93. The van der Waals surface area contributed by atoms with E-state index in [0.29, 0.717) is 13.0 Å². The smallest absolute Gasteiger partial charge is 0.102 e. The van der Waals surface area contributed by atoms with Crippen molar-refractivity contribution in [2.75, 3.05) is 33.3 Å². The van der Waals surface area contributed by atoms with Crippen molar-refractivity contribution in [2.24, 2.45) is 11.8 Å². The third-order valence-electron chi connectivity index (χ3n) is 5.43. The lowest BCUT2D eigenvalue weighted by molar-refractivity contribution is -0.906. The van der Waals surface area contributed by atoms with Crippen molar-refractivity contribution in [2.45, 2.75) is 65.4 Å². The number of hydrogen-bond donors (Lipinski definition) is 2. The second kappa shape index (κ2) is 14.0. The Morgan fingerprint density at radius 1 is 1.17 bits per heavy atom. The first-order chi connectivity index (χ1) is 10.8. The minimum atomic E-state index is -1.08. The van der Waals surface area contributed by atoms with Gasteiger partial charge < -0.3 is 24.6 Å². The number of carboxylic acid groups (broad SMARTS) is 1. The molecular formula is C18H38BrNO4. The summed E-state index contributed by atoms with van der Waals surface area (Å²) in [6.07, 6.45) is 4.98. The third-order valence-corrected chi connectivity index (χ3v) is 5.43. The van der Waals surface area contributed by atoms with Gasteiger partial charge in [-0.1, -0.05) is 26.2 Å². The van der Waals surface area contributed by atoms with Crippen molar-refractivity contribution in [3.63, 3.8) is 0 Å². The summed E-state index contributed by atoms with van der Waals surface area (Å²) < 4.78 is 0.983. The van der Waals surface area contributed by atoms with Crippen molar-refractivity contribution < 1.29 is 24.6 Å². The zero-order valence-electron chi connectivity index (χ0n) is 15.9. The van der Waals surface area contributed by atoms with Gasteiger partial charge in [0.05, 0.1) is 32.8 Å². The number of halogens is 1. The fraction of sp³-hybridized carbons (Fsp3) is 0.944. The van der Waals surface area contributed by atoms with Crippen LogP contribution in [0.25, 0.3) is 0 Å². The molecule has 0 radical (unpaired) electrons. The van der Waals surface area contributed by atoms with Gasteiger partial charge in [0.2, 0.25) is 0 Å². The molecule has 5 nitrogen and oxygen atoms in total. The standard InChI is InChI=1S/C11H20O3.C7H18NO.BrH/c1-2-9(12)10(11(13)14)8-6-4-3-5-7-8;1-4-8(3,5-2)6-7-9;/h8-10,12H,2-7H2,1H3,(H,13,14);9H,4-7H2,1-3H3;1H/q;+1;/p-1. The van der Waals surface area contributed by atoms with Gasteiger partial charge in [-0.25, -0.2) is 0 Å². The number of hydrogen-bond acceptors (Lipinski definition) is 4. The molecule has 1 saturated carbocycles. The van der Waals surface area contributed by atoms with Crippen LogP contribution in [0.1, 0.15) is 59.3 Å². The minimum absolute atomic E-state index is 0. The number of nitrogens with zero attached hydrogens (tertiary/aromatic N) is 1. The third kappa shape index (κ3) is 9.35. The monoisotopic (exact) mass is 411 g/mol. The van der Waals surface area contributed by atoms with Crippen LogP contribution in [-0.2, 0) is 4.79 Å². The van der Waals surface area contributed by atoms with Gasteiger partial charge in [0.15, 0.2) is 0 Å². The number of aliphatic hydroxyl groups is 2. The SMILES string of the molecule is Br.CCC(O)C(C(=O)[O-])C1CCCCC1.CC[N+](C)(CC)CCO. The van der Waals surface area contributed by atoms with Crippen molar-refractivity contribution in [1.82, 2.24) is 0 Å². The molecule has 0 saturated heterocycles. The van der Waals surface area contributed by atoms with E-state index in [1.165, 1.54) is 6.42 Å². The number of aliphatic hydroxyl groups excluding tert-OH is 2. The molecule has 2 atom stereocenters. The molecule has 24 heavy (non-hydrogen) atoms. The highest BCUT2D eigenvalue weighted by atomic mass is 79.9. The molecule has 0 aromatic carbocycles. The van der Waals surface area contributed by atoms with Gasteiger partial charge in [0.1, 0.15) is 6.54 Å². The summed E-state index contributed by atoms with van der Waals surface area (Å²) in [6, 6.07) is 0. The minimum Gasteiger partial charge on any atom is -0.550 e. The van der Waals surface area contributed by atoms with Crippen LogP contribution in [0.3, 0.4) is 0 Å². The van der Waals surface area contributed by atoms with Gasteiger partial charge in [0.25, 0.3) is 0 Å². The molecule has 2 N–H and O–H groups in total. The summed E-state index contributed by atoms with van der Waals surface area (Å²) in [5, 5.41) is 29.2. The van der Waals surface area contributed by atoms with Crippen LogP contribution >= 0.6 is 17.0 Å². The van der Waals surface area contributed by atoms with Crippen LogP contribution in [0.4, 0.5) is 0 Å². The molecule has 0 bridgehead atoms. The van der Waals surface area contributed by atoms with Crippen molar-refractivity contribution >= 4 is 23.0 Å². The topological polar surface area (TPSA) is 80.6 Å². The molecule has 1 fully saturated rings. The normalized spacial score (nSPS) is 17.9. The van der Waals surface area contributed by atoms with Gasteiger partial charge >= 0.3 is 0 Å². The highest BCUT2D eigenvalue weighted by Crippen LogP contribution is 2.32. The maximum absolute atomic E-state index is 10.9. The molecule has 0 aliphatic heterocycles. The summed E-state index contributed by atoms with van der Waals surface area (Å²) in [5.74, 6) is -1.60. The number of carboxylic acids is 1. The summed E-state index contributed by atoms with van der Waals surface area (Å²) in [7, 11) is 2.16. The fourth-order valence-corrected chi connectivity index (χ4v) is 3.19. The number of carbonyl (C=O) groups is 1. The van der Waals surface area contributed by atoms with E-state index in [-0.39, 0.29) is 22.9 Å². The van der Waals surface area contributed by atoms with Crippen LogP contribution in [0.5, 0.6) is 0 Å². The Labute approximate surface area is 158 Å². The van der Waals surface area contributed by atoms with Crippen LogP contribution in [0.15, 0.2) is 0 Å². The van der Waals surface area contributed by atoms with Gasteiger partial charge in [-0.3, -0.25) is 0 Å². The van der Waals surface area contributed by atoms with E-state index in [1.807, 2.05) is 6.92 Å². The molecule has 0 aromatic heterocycles. The van der Waals surface area contributed by atoms with Crippen LogP contribution < -0.4 is 5.11 Å². The highest BCUT2D eigenvalue weighted by Gasteiger charge is 2.29. The first-order valence-corrected chi connectivity index (χ1v) is 9.18. The maximum Gasteiger partial charge on any atom is 0.102 e. The average molecular weight is 412 g/mol. The lowest BCUT2D eigenvalue weighted by Gasteiger charge is -2.33. The Morgan fingerprint density at radius 3 is 1.96 bits per heavy atom. The van der Waals surface area contributed by atoms with Crippen molar-refractivity contribution in [1.29, 1.82) is 0 Å². The average Bonchev–Trinajstić information content (AvgIpc) is 2.56. The Hall–Kier alpha value is -0.170. The Bertz CT molecular complexity index is 318. The molecule has 0 aromatic rings. The Balaban J connectivity index is 0. The molecule has 0 heterocycles. The van der Waals surface area contributed by atoms with Crippen molar-refractivity contribution in [3.05, 3.63) is 0 Å². The zero-order chi connectivity index (χ0) is 17.9. The van der Waals surface area contributed by atoms with E-state index in [2.05, 4.69) is 20.9 Å². The van der Waals surface area contributed by atoms with Crippen LogP contribution in [0.2, 0.25) is 0 Å². The van der Waals surface area contributed by atoms with E-state index in [9.17, 15) is 15.0 Å². The van der Waals surface area contributed by atoms with Gasteiger partial charge in [-0.05, 0) is 39.0 Å². The lowest BCUT2D eigenvalue weighted by Crippen LogP contribution is -2.45. The second-order valence-electron chi connectivity index (χ2n) is 6.92. The second-order valence-corrected chi connectivity index (χ2v) is 6.92. The molecule has 146 valence electrons. The summed E-state index contributed by atoms with van der Waals surface area (Å²) in [6.45, 7) is 9.51. The summed E-state index contributed by atoms with van der Waals surface area (Å²) in [4.78, 5) is 10.9. The van der Waals surface area contributed by atoms with Crippen LogP contribution in [-0.4, -0.2) is 60.1 Å². The van der Waals surface area contributed by atoms with Gasteiger partial charge in [-0.15, -0.1) is 17.0 Å². The van der Waals surface area contributed by atoms with Gasteiger partial charge in [-0.2, -0.15) is 0 Å². The van der Waals surface area contributed by atoms with Crippen LogP contribution in [0, 0.1) is 11.8 Å². The number of rotatable bonds is 8. The number of aliphatic carboxylic acids is 1. The first kappa shape index (κ1) is 26.1. The molecule has 0 amide bonds. The molecule has 2 unspecified atom stereocenters. The van der Waals surface area contributed by atoms with E-state index in [1.54, 1.807) is 0 Å². The summed E-state index contributed by atoms with van der Waals surface area (Å²) in [5.41, 5.74) is 0. The quantitative estimate of drug-likeness (QED) is 0.596. The molecule has 6 heteroatoms. The zero-order valence-corrected chi connectivity index (χ0v) is 17.6. The Morgan fingerprint density at radius 2 is 1.67 bits per heavy atom. The molecule has 1 aliphatic rings. The number of carbonyl (C=O) groups excluding carboxylic acids is 1. The number of quaternary nitrogens is 1. The summed E-state index contributed by atoms with van der Waals surface area (Å²) >= 11 is 0. The number of likely N-dealkylation sites (N-methyl/N-ethyl adjacent to an activating group) is 1. The van der Waals surface area contributed by atoms with E-state index < -0.39 is 18.0 Å².